The van der Waals surface area contributed by atoms with Crippen LogP contribution in [0.5, 0.6) is 0 Å². The van der Waals surface area contributed by atoms with Crippen LogP contribution in [0.3, 0.4) is 0 Å². The van der Waals surface area contributed by atoms with Gasteiger partial charge in [0.05, 0.1) is 12.4 Å². The Hall–Kier alpha value is -0.980. The van der Waals surface area contributed by atoms with Gasteiger partial charge in [0.1, 0.15) is 5.82 Å². The van der Waals surface area contributed by atoms with Crippen LogP contribution in [0, 0.1) is 5.82 Å². The number of hydrogen-bond acceptors (Lipinski definition) is 3. The number of hydrogen-bond donors (Lipinski definition) is 1. The second-order valence-electron chi connectivity index (χ2n) is 3.42. The van der Waals surface area contributed by atoms with Gasteiger partial charge >= 0.3 is 0 Å². The Morgan fingerprint density at radius 2 is 1.88 bits per heavy atom. The fraction of sp³-hybridized carbons (Fsp3) is 0.400. The predicted molar refractivity (Wildman–Crippen MR) is 58.7 cm³/mol. The molecule has 0 atom stereocenters. The van der Waals surface area contributed by atoms with Crippen LogP contribution in [0.25, 0.3) is 0 Å². The van der Waals surface area contributed by atoms with Gasteiger partial charge < -0.3 is 5.11 Å². The maximum absolute atomic E-state index is 12.6. The van der Waals surface area contributed by atoms with Gasteiger partial charge in [-0.3, -0.25) is 0 Å². The lowest BCUT2D eigenvalue weighted by Gasteiger charge is -2.16. The lowest BCUT2D eigenvalue weighted by molar-refractivity contribution is 0.316. The molecule has 0 amide bonds. The Kier molecular flexibility index (Phi) is 4.40. The number of benzene rings is 1. The number of sulfonamides is 1. The summed E-state index contributed by atoms with van der Waals surface area (Å²) < 4.78 is 36.7. The van der Waals surface area contributed by atoms with E-state index in [1.165, 1.54) is 31.3 Å². The molecule has 4 nitrogen and oxygen atoms in total. The summed E-state index contributed by atoms with van der Waals surface area (Å²) in [5.74, 6) is -0.658. The monoisotopic (exact) mass is 247 g/mol. The van der Waals surface area contributed by atoms with Crippen LogP contribution in [-0.2, 0) is 16.6 Å². The van der Waals surface area contributed by atoms with Crippen molar-refractivity contribution in [1.82, 2.24) is 4.31 Å². The third-order valence-electron chi connectivity index (χ3n) is 2.14. The topological polar surface area (TPSA) is 57.6 Å². The van der Waals surface area contributed by atoms with Crippen LogP contribution in [0.2, 0.25) is 0 Å². The first kappa shape index (κ1) is 13.1. The van der Waals surface area contributed by atoms with E-state index < -0.39 is 16.6 Å². The first-order valence-corrected chi connectivity index (χ1v) is 6.36. The van der Waals surface area contributed by atoms with Crippen molar-refractivity contribution in [2.75, 3.05) is 19.4 Å². The Balaban J connectivity index is 2.71. The van der Waals surface area contributed by atoms with Crippen molar-refractivity contribution in [2.45, 2.75) is 6.54 Å². The van der Waals surface area contributed by atoms with Gasteiger partial charge in [0.25, 0.3) is 0 Å². The zero-order valence-corrected chi connectivity index (χ0v) is 9.74. The van der Waals surface area contributed by atoms with Crippen LogP contribution < -0.4 is 0 Å². The fourth-order valence-electron chi connectivity index (χ4n) is 1.22. The standard InChI is InChI=1S/C10H14FNO3S/c1-12(16(14,15)7-6-13)8-9-2-4-10(11)5-3-9/h2-5,13H,6-8H2,1H3. The summed E-state index contributed by atoms with van der Waals surface area (Å²) >= 11 is 0. The molecule has 0 saturated heterocycles. The molecule has 1 aromatic carbocycles. The highest BCUT2D eigenvalue weighted by Crippen LogP contribution is 2.08. The smallest absolute Gasteiger partial charge is 0.216 e. The number of aliphatic hydroxyl groups is 1. The fourth-order valence-corrected chi connectivity index (χ4v) is 2.10. The highest BCUT2D eigenvalue weighted by Gasteiger charge is 2.16. The Morgan fingerprint density at radius 3 is 2.38 bits per heavy atom. The van der Waals surface area contributed by atoms with Crippen LogP contribution >= 0.6 is 0 Å². The number of aliphatic hydroxyl groups excluding tert-OH is 1. The van der Waals surface area contributed by atoms with Gasteiger partial charge in [0, 0.05) is 13.6 Å². The molecular formula is C10H14FNO3S. The molecule has 0 heterocycles. The van der Waals surface area contributed by atoms with Gasteiger partial charge in [-0.25, -0.2) is 17.1 Å². The molecule has 1 N–H and O–H groups in total. The van der Waals surface area contributed by atoms with Gasteiger partial charge in [0.2, 0.25) is 10.0 Å². The SMILES string of the molecule is CN(Cc1ccc(F)cc1)S(=O)(=O)CCO. The Bertz CT molecular complexity index is 430. The molecule has 0 unspecified atom stereocenters. The molecule has 0 spiro atoms. The van der Waals surface area contributed by atoms with Gasteiger partial charge in [-0.1, -0.05) is 12.1 Å². The van der Waals surface area contributed by atoms with Crippen LogP contribution in [-0.4, -0.2) is 37.2 Å². The van der Waals surface area contributed by atoms with Crippen molar-refractivity contribution >= 4 is 10.0 Å². The van der Waals surface area contributed by atoms with E-state index in [-0.39, 0.29) is 18.1 Å². The zero-order chi connectivity index (χ0) is 12.2. The van der Waals surface area contributed by atoms with Gasteiger partial charge in [-0.15, -0.1) is 0 Å². The van der Waals surface area contributed by atoms with E-state index in [2.05, 4.69) is 0 Å². The third-order valence-corrected chi connectivity index (χ3v) is 3.92. The molecule has 0 aromatic heterocycles. The largest absolute Gasteiger partial charge is 0.395 e. The molecule has 16 heavy (non-hydrogen) atoms. The lowest BCUT2D eigenvalue weighted by Crippen LogP contribution is -2.30. The van der Waals surface area contributed by atoms with E-state index in [1.54, 1.807) is 0 Å². The van der Waals surface area contributed by atoms with Gasteiger partial charge in [-0.2, -0.15) is 0 Å². The molecule has 1 rings (SSSR count). The maximum atomic E-state index is 12.6. The summed E-state index contributed by atoms with van der Waals surface area (Å²) in [5.41, 5.74) is 0.699. The van der Waals surface area contributed by atoms with Crippen molar-refractivity contribution in [2.24, 2.45) is 0 Å². The maximum Gasteiger partial charge on any atom is 0.216 e. The molecule has 0 fully saturated rings. The zero-order valence-electron chi connectivity index (χ0n) is 8.93. The average Bonchev–Trinajstić information content (AvgIpc) is 2.21. The average molecular weight is 247 g/mol. The first-order chi connectivity index (χ1) is 7.45. The quantitative estimate of drug-likeness (QED) is 0.828. The van der Waals surface area contributed by atoms with Crippen molar-refractivity contribution in [1.29, 1.82) is 0 Å². The van der Waals surface area contributed by atoms with Crippen molar-refractivity contribution in [3.63, 3.8) is 0 Å². The highest BCUT2D eigenvalue weighted by atomic mass is 32.2. The molecule has 0 bridgehead atoms. The Morgan fingerprint density at radius 1 is 1.31 bits per heavy atom. The minimum Gasteiger partial charge on any atom is -0.395 e. The molecule has 0 aliphatic rings. The van der Waals surface area contributed by atoms with Crippen LogP contribution in [0.15, 0.2) is 24.3 Å². The van der Waals surface area contributed by atoms with E-state index in [0.717, 1.165) is 4.31 Å². The molecule has 0 radical (unpaired) electrons. The van der Waals surface area contributed by atoms with Gasteiger partial charge in [-0.05, 0) is 17.7 Å². The molecular weight excluding hydrogens is 233 g/mol. The van der Waals surface area contributed by atoms with E-state index in [1.807, 2.05) is 0 Å². The summed E-state index contributed by atoms with van der Waals surface area (Å²) in [7, 11) is -2.00. The second kappa shape index (κ2) is 5.38. The number of nitrogens with zero attached hydrogens (tertiary/aromatic N) is 1. The van der Waals surface area contributed by atoms with Crippen LogP contribution in [0.4, 0.5) is 4.39 Å². The summed E-state index contributed by atoms with van der Waals surface area (Å²) in [6.45, 7) is -0.237. The minimum absolute atomic E-state index is 0.169. The minimum atomic E-state index is -3.43. The highest BCUT2D eigenvalue weighted by molar-refractivity contribution is 7.89. The second-order valence-corrected chi connectivity index (χ2v) is 5.62. The summed E-state index contributed by atoms with van der Waals surface area (Å²) in [6, 6.07) is 5.62. The molecule has 6 heteroatoms. The summed E-state index contributed by atoms with van der Waals surface area (Å²) in [4.78, 5) is 0. The predicted octanol–water partition coefficient (Wildman–Crippen LogP) is 0.580. The molecule has 0 saturated carbocycles. The summed E-state index contributed by atoms with van der Waals surface area (Å²) in [6.07, 6.45) is 0. The molecule has 90 valence electrons. The molecule has 0 aliphatic carbocycles. The van der Waals surface area contributed by atoms with Gasteiger partial charge in [0.15, 0.2) is 0 Å². The summed E-state index contributed by atoms with van der Waals surface area (Å²) in [5, 5.41) is 8.60. The molecule has 0 aliphatic heterocycles. The normalized spacial score (nSPS) is 12.0. The van der Waals surface area contributed by atoms with Crippen molar-refractivity contribution in [3.8, 4) is 0 Å². The number of halogens is 1. The van der Waals surface area contributed by atoms with E-state index in [9.17, 15) is 12.8 Å². The van der Waals surface area contributed by atoms with E-state index in [4.69, 9.17) is 5.11 Å². The van der Waals surface area contributed by atoms with Crippen LogP contribution in [0.1, 0.15) is 5.56 Å². The van der Waals surface area contributed by atoms with Crippen molar-refractivity contribution < 1.29 is 17.9 Å². The number of rotatable bonds is 5. The Labute approximate surface area is 94.4 Å². The first-order valence-electron chi connectivity index (χ1n) is 4.75. The van der Waals surface area contributed by atoms with Crippen molar-refractivity contribution in [3.05, 3.63) is 35.6 Å². The van der Waals surface area contributed by atoms with E-state index >= 15 is 0 Å². The lowest BCUT2D eigenvalue weighted by atomic mass is 10.2. The molecule has 1 aromatic rings. The third kappa shape index (κ3) is 3.55. The van der Waals surface area contributed by atoms with E-state index in [0.29, 0.717) is 5.56 Å².